The maximum Gasteiger partial charge on any atom is 0.148 e. The minimum Gasteiger partial charge on any atom is -0.171 e. The van der Waals surface area contributed by atoms with Crippen LogP contribution in [-0.2, 0) is 0 Å². The molecule has 0 saturated carbocycles. The Bertz CT molecular complexity index is 76.1. The average molecular weight is 133 g/mol. The molecule has 0 aliphatic rings. The standard InChI is InChI=1S/C5H9ClSi/c1-2-3-4-5-7-6/h2-5H,7H2,1H3. The first kappa shape index (κ1) is 6.99. The van der Waals surface area contributed by atoms with E-state index < -0.39 is 0 Å². The summed E-state index contributed by atoms with van der Waals surface area (Å²) in [6, 6.07) is 0. The highest BCUT2D eigenvalue weighted by Gasteiger charge is 1.61. The van der Waals surface area contributed by atoms with Crippen LogP contribution in [0, 0.1) is 0 Å². The molecule has 0 atom stereocenters. The zero-order chi connectivity index (χ0) is 5.54. The van der Waals surface area contributed by atoms with E-state index in [1.54, 1.807) is 0 Å². The number of halogens is 1. The molecule has 7 heavy (non-hydrogen) atoms. The van der Waals surface area contributed by atoms with Crippen LogP contribution in [-0.4, -0.2) is 8.83 Å². The smallest absolute Gasteiger partial charge is 0.148 e. The van der Waals surface area contributed by atoms with Gasteiger partial charge in [-0.05, 0) is 6.92 Å². The van der Waals surface area contributed by atoms with E-state index in [1.807, 2.05) is 30.9 Å². The van der Waals surface area contributed by atoms with Gasteiger partial charge in [-0.25, -0.2) is 0 Å². The molecule has 0 unspecified atom stereocenters. The van der Waals surface area contributed by atoms with Gasteiger partial charge in [-0.2, -0.15) is 11.1 Å². The maximum atomic E-state index is 5.46. The molecule has 0 rings (SSSR count). The van der Waals surface area contributed by atoms with Crippen LogP contribution in [0.4, 0.5) is 0 Å². The minimum absolute atomic E-state index is 0.366. The molecular weight excluding hydrogens is 124 g/mol. The fourth-order valence-corrected chi connectivity index (χ4v) is 0.810. The summed E-state index contributed by atoms with van der Waals surface area (Å²) in [7, 11) is -0.366. The van der Waals surface area contributed by atoms with E-state index in [4.69, 9.17) is 11.1 Å². The largest absolute Gasteiger partial charge is 0.171 e. The molecule has 0 bridgehead atoms. The van der Waals surface area contributed by atoms with Gasteiger partial charge in [0.2, 0.25) is 0 Å². The van der Waals surface area contributed by atoms with Crippen molar-refractivity contribution in [1.29, 1.82) is 0 Å². The number of hydrogen-bond donors (Lipinski definition) is 0. The van der Waals surface area contributed by atoms with Crippen molar-refractivity contribution in [1.82, 2.24) is 0 Å². The van der Waals surface area contributed by atoms with Gasteiger partial charge in [0.05, 0.1) is 0 Å². The first-order valence-corrected chi connectivity index (χ1v) is 5.21. The summed E-state index contributed by atoms with van der Waals surface area (Å²) in [6.07, 6.45) is 5.95. The van der Waals surface area contributed by atoms with Crippen LogP contribution in [0.5, 0.6) is 0 Å². The van der Waals surface area contributed by atoms with E-state index in [2.05, 4.69) is 0 Å². The average Bonchev–Trinajstić information content (AvgIpc) is 1.69. The Balaban J connectivity index is 3.09. The van der Waals surface area contributed by atoms with Gasteiger partial charge in [0.25, 0.3) is 0 Å². The molecule has 0 amide bonds. The lowest BCUT2D eigenvalue weighted by Gasteiger charge is -1.67. The van der Waals surface area contributed by atoms with Gasteiger partial charge in [0.1, 0.15) is 8.83 Å². The van der Waals surface area contributed by atoms with Crippen LogP contribution in [0.3, 0.4) is 0 Å². The van der Waals surface area contributed by atoms with Gasteiger partial charge in [-0.15, -0.1) is 0 Å². The minimum atomic E-state index is -0.366. The Kier molecular flexibility index (Phi) is 5.98. The van der Waals surface area contributed by atoms with Crippen LogP contribution < -0.4 is 0 Å². The van der Waals surface area contributed by atoms with Crippen LogP contribution in [0.25, 0.3) is 0 Å². The number of allylic oxidation sites excluding steroid dienone is 3. The molecule has 0 N–H and O–H groups in total. The van der Waals surface area contributed by atoms with Gasteiger partial charge >= 0.3 is 0 Å². The first-order valence-electron chi connectivity index (χ1n) is 2.25. The molecule has 0 aromatic carbocycles. The molecule has 0 spiro atoms. The van der Waals surface area contributed by atoms with Gasteiger partial charge in [-0.3, -0.25) is 0 Å². The molecule has 0 fully saturated rings. The first-order chi connectivity index (χ1) is 3.41. The molecule has 0 radical (unpaired) electrons. The summed E-state index contributed by atoms with van der Waals surface area (Å²) < 4.78 is 0. The molecule has 0 nitrogen and oxygen atoms in total. The van der Waals surface area contributed by atoms with Crippen molar-refractivity contribution in [3.63, 3.8) is 0 Å². The van der Waals surface area contributed by atoms with Gasteiger partial charge in [0, 0.05) is 0 Å². The van der Waals surface area contributed by atoms with E-state index in [-0.39, 0.29) is 8.83 Å². The molecule has 0 heterocycles. The lowest BCUT2D eigenvalue weighted by atomic mass is 10.5. The molecule has 0 aliphatic heterocycles. The summed E-state index contributed by atoms with van der Waals surface area (Å²) in [4.78, 5) is 0. The van der Waals surface area contributed by atoms with Crippen LogP contribution >= 0.6 is 11.1 Å². The second-order valence-corrected chi connectivity index (χ2v) is 2.81. The highest BCUT2D eigenvalue weighted by molar-refractivity contribution is 6.96. The van der Waals surface area contributed by atoms with Crippen molar-refractivity contribution >= 4 is 19.9 Å². The fourth-order valence-electron chi connectivity index (χ4n) is 0.241. The Hall–Kier alpha value is -0.0131. The topological polar surface area (TPSA) is 0 Å². The molecule has 40 valence electrons. The van der Waals surface area contributed by atoms with Crippen molar-refractivity contribution in [3.05, 3.63) is 23.9 Å². The van der Waals surface area contributed by atoms with E-state index >= 15 is 0 Å². The van der Waals surface area contributed by atoms with Crippen LogP contribution in [0.15, 0.2) is 23.9 Å². The third-order valence-corrected chi connectivity index (χ3v) is 1.51. The monoisotopic (exact) mass is 132 g/mol. The quantitative estimate of drug-likeness (QED) is 0.303. The molecule has 0 saturated heterocycles. The summed E-state index contributed by atoms with van der Waals surface area (Å²) in [6.45, 7) is 1.99. The van der Waals surface area contributed by atoms with E-state index in [1.165, 1.54) is 0 Å². The highest BCUT2D eigenvalue weighted by Crippen LogP contribution is 1.75. The lowest BCUT2D eigenvalue weighted by Crippen LogP contribution is -1.60. The predicted molar refractivity (Wildman–Crippen MR) is 38.4 cm³/mol. The predicted octanol–water partition coefficient (Wildman–Crippen LogP) is 1.40. The Morgan fingerprint density at radius 2 is 2.14 bits per heavy atom. The SMILES string of the molecule is CC=CC=C[SiH2]Cl. The summed E-state index contributed by atoms with van der Waals surface area (Å²) >= 11 is 5.46. The number of rotatable bonds is 2. The van der Waals surface area contributed by atoms with E-state index in [0.717, 1.165) is 0 Å². The van der Waals surface area contributed by atoms with Gasteiger partial charge < -0.3 is 0 Å². The lowest BCUT2D eigenvalue weighted by molar-refractivity contribution is 1.74. The summed E-state index contributed by atoms with van der Waals surface area (Å²) in [5, 5.41) is 0. The van der Waals surface area contributed by atoms with E-state index in [9.17, 15) is 0 Å². The summed E-state index contributed by atoms with van der Waals surface area (Å²) in [5.74, 6) is 0. The second kappa shape index (κ2) is 5.99. The second-order valence-electron chi connectivity index (χ2n) is 1.11. The van der Waals surface area contributed by atoms with Crippen molar-refractivity contribution in [3.8, 4) is 0 Å². The van der Waals surface area contributed by atoms with Crippen molar-refractivity contribution in [2.45, 2.75) is 6.92 Å². The zero-order valence-electron chi connectivity index (χ0n) is 4.39. The maximum absolute atomic E-state index is 5.46. The number of hydrogen-bond acceptors (Lipinski definition) is 0. The molecule has 0 aromatic heterocycles. The van der Waals surface area contributed by atoms with E-state index in [0.29, 0.717) is 0 Å². The molecule has 0 aliphatic carbocycles. The molecule has 0 aromatic rings. The van der Waals surface area contributed by atoms with Gasteiger partial charge in [0.15, 0.2) is 0 Å². The normalized spacial score (nSPS) is 13.4. The van der Waals surface area contributed by atoms with Crippen molar-refractivity contribution in [2.75, 3.05) is 0 Å². The Morgan fingerprint density at radius 3 is 2.57 bits per heavy atom. The molecule has 2 heteroatoms. The van der Waals surface area contributed by atoms with Crippen molar-refractivity contribution < 1.29 is 0 Å². The Morgan fingerprint density at radius 1 is 1.43 bits per heavy atom. The Labute approximate surface area is 51.4 Å². The molecular formula is C5H9ClSi. The van der Waals surface area contributed by atoms with Crippen molar-refractivity contribution in [2.24, 2.45) is 0 Å². The fraction of sp³-hybridized carbons (Fsp3) is 0.200. The summed E-state index contributed by atoms with van der Waals surface area (Å²) in [5.41, 5.74) is 2.03. The third kappa shape index (κ3) is 5.99. The third-order valence-electron chi connectivity index (χ3n) is 0.529. The zero-order valence-corrected chi connectivity index (χ0v) is 6.56. The van der Waals surface area contributed by atoms with Gasteiger partial charge in [-0.1, -0.05) is 23.9 Å². The van der Waals surface area contributed by atoms with Crippen LogP contribution in [0.1, 0.15) is 6.92 Å². The van der Waals surface area contributed by atoms with Crippen LogP contribution in [0.2, 0.25) is 0 Å². The highest BCUT2D eigenvalue weighted by atomic mass is 35.6.